The standard InChI is InChI=1S/C15H17ClN4O/c1-19-15(21)14(16)13(8-18-19)20-9-10(6-7-17)11-4-2-3-5-12(11)20/h2-5,8,10H,6-7,9,17H2,1H3. The van der Waals surface area contributed by atoms with E-state index in [1.807, 2.05) is 18.2 Å². The normalized spacial score (nSPS) is 17.1. The maximum absolute atomic E-state index is 12.0. The fourth-order valence-corrected chi connectivity index (χ4v) is 3.14. The molecule has 0 spiro atoms. The summed E-state index contributed by atoms with van der Waals surface area (Å²) in [5, 5.41) is 4.29. The molecule has 5 nitrogen and oxygen atoms in total. The molecule has 0 amide bonds. The van der Waals surface area contributed by atoms with E-state index in [4.69, 9.17) is 17.3 Å². The van der Waals surface area contributed by atoms with Crippen LogP contribution in [-0.4, -0.2) is 22.9 Å². The van der Waals surface area contributed by atoms with Crippen molar-refractivity contribution in [1.29, 1.82) is 0 Å². The van der Waals surface area contributed by atoms with Gasteiger partial charge in [0.15, 0.2) is 0 Å². The SMILES string of the molecule is Cn1ncc(N2CC(CCN)c3ccccc32)c(Cl)c1=O. The van der Waals surface area contributed by atoms with E-state index in [9.17, 15) is 4.79 Å². The Bertz CT molecular complexity index is 728. The number of aryl methyl sites for hydroxylation is 1. The molecule has 1 unspecified atom stereocenters. The van der Waals surface area contributed by atoms with E-state index in [1.165, 1.54) is 10.2 Å². The predicted molar refractivity (Wildman–Crippen MR) is 84.3 cm³/mol. The molecular formula is C15H17ClN4O. The number of fused-ring (bicyclic) bond motifs is 1. The Hall–Kier alpha value is -1.85. The van der Waals surface area contributed by atoms with Crippen LogP contribution in [0.1, 0.15) is 17.9 Å². The van der Waals surface area contributed by atoms with Gasteiger partial charge in [-0.3, -0.25) is 4.79 Å². The van der Waals surface area contributed by atoms with Gasteiger partial charge in [0.05, 0.1) is 11.9 Å². The summed E-state index contributed by atoms with van der Waals surface area (Å²) in [5.74, 6) is 0.353. The topological polar surface area (TPSA) is 64.2 Å². The van der Waals surface area contributed by atoms with Crippen LogP contribution in [0.2, 0.25) is 5.02 Å². The van der Waals surface area contributed by atoms with Crippen molar-refractivity contribution in [3.8, 4) is 0 Å². The molecule has 0 bridgehead atoms. The van der Waals surface area contributed by atoms with E-state index in [0.29, 0.717) is 18.2 Å². The smallest absolute Gasteiger partial charge is 0.287 e. The maximum atomic E-state index is 12.0. The lowest BCUT2D eigenvalue weighted by Crippen LogP contribution is -2.25. The third-order valence-electron chi connectivity index (χ3n) is 3.94. The van der Waals surface area contributed by atoms with E-state index >= 15 is 0 Å². The van der Waals surface area contributed by atoms with E-state index < -0.39 is 0 Å². The van der Waals surface area contributed by atoms with Gasteiger partial charge >= 0.3 is 0 Å². The molecule has 6 heteroatoms. The van der Waals surface area contributed by atoms with Crippen LogP contribution in [0.25, 0.3) is 0 Å². The highest BCUT2D eigenvalue weighted by atomic mass is 35.5. The molecule has 110 valence electrons. The second-order valence-electron chi connectivity index (χ2n) is 5.22. The number of hydrogen-bond acceptors (Lipinski definition) is 4. The van der Waals surface area contributed by atoms with Crippen LogP contribution in [0.3, 0.4) is 0 Å². The molecule has 21 heavy (non-hydrogen) atoms. The van der Waals surface area contributed by atoms with Crippen molar-refractivity contribution >= 4 is 23.0 Å². The van der Waals surface area contributed by atoms with Gasteiger partial charge in [-0.2, -0.15) is 5.10 Å². The van der Waals surface area contributed by atoms with Gasteiger partial charge in [0.2, 0.25) is 0 Å². The molecular weight excluding hydrogens is 288 g/mol. The molecule has 1 aliphatic rings. The van der Waals surface area contributed by atoms with Gasteiger partial charge < -0.3 is 10.6 Å². The average molecular weight is 305 g/mol. The van der Waals surface area contributed by atoms with Gasteiger partial charge in [0.25, 0.3) is 5.56 Å². The first-order valence-corrected chi connectivity index (χ1v) is 7.29. The van der Waals surface area contributed by atoms with E-state index in [2.05, 4.69) is 16.1 Å². The number of rotatable bonds is 3. The lowest BCUT2D eigenvalue weighted by atomic mass is 9.98. The number of nitrogens with zero attached hydrogens (tertiary/aromatic N) is 3. The summed E-state index contributed by atoms with van der Waals surface area (Å²) in [7, 11) is 1.59. The van der Waals surface area contributed by atoms with Crippen LogP contribution in [0.4, 0.5) is 11.4 Å². The molecule has 1 aliphatic heterocycles. The molecule has 1 atom stereocenters. The van der Waals surface area contributed by atoms with Crippen LogP contribution in [0, 0.1) is 0 Å². The number of benzene rings is 1. The third kappa shape index (κ3) is 2.32. The van der Waals surface area contributed by atoms with Gasteiger partial charge in [-0.15, -0.1) is 0 Å². The summed E-state index contributed by atoms with van der Waals surface area (Å²) in [5.41, 5.74) is 8.42. The van der Waals surface area contributed by atoms with Crippen molar-refractivity contribution in [2.45, 2.75) is 12.3 Å². The van der Waals surface area contributed by atoms with E-state index in [1.54, 1.807) is 13.2 Å². The second kappa shape index (κ2) is 5.50. The molecule has 0 saturated carbocycles. The average Bonchev–Trinajstić information content (AvgIpc) is 2.85. The van der Waals surface area contributed by atoms with Gasteiger partial charge in [-0.25, -0.2) is 4.68 Å². The Morgan fingerprint density at radius 2 is 2.14 bits per heavy atom. The quantitative estimate of drug-likeness (QED) is 0.942. The fraction of sp³-hybridized carbons (Fsp3) is 0.333. The Morgan fingerprint density at radius 3 is 2.90 bits per heavy atom. The summed E-state index contributed by atoms with van der Waals surface area (Å²) < 4.78 is 1.24. The third-order valence-corrected chi connectivity index (χ3v) is 4.29. The largest absolute Gasteiger partial charge is 0.338 e. The molecule has 0 radical (unpaired) electrons. The summed E-state index contributed by atoms with van der Waals surface area (Å²) in [4.78, 5) is 14.0. The molecule has 0 fully saturated rings. The zero-order chi connectivity index (χ0) is 15.0. The fourth-order valence-electron chi connectivity index (χ4n) is 2.86. The Kier molecular flexibility index (Phi) is 3.69. The zero-order valence-electron chi connectivity index (χ0n) is 11.8. The van der Waals surface area contributed by atoms with Crippen molar-refractivity contribution in [2.75, 3.05) is 18.0 Å². The highest BCUT2D eigenvalue weighted by molar-refractivity contribution is 6.33. The van der Waals surface area contributed by atoms with Gasteiger partial charge in [0, 0.05) is 25.2 Å². The summed E-state index contributed by atoms with van der Waals surface area (Å²) in [6, 6.07) is 8.16. The van der Waals surface area contributed by atoms with Crippen molar-refractivity contribution < 1.29 is 0 Å². The van der Waals surface area contributed by atoms with Crippen LogP contribution in [-0.2, 0) is 7.05 Å². The molecule has 2 aromatic rings. The number of anilines is 2. The highest BCUT2D eigenvalue weighted by Crippen LogP contribution is 2.43. The molecule has 3 rings (SSSR count). The number of para-hydroxylation sites is 1. The molecule has 1 aromatic carbocycles. The summed E-state index contributed by atoms with van der Waals surface area (Å²) in [6.45, 7) is 1.40. The Balaban J connectivity index is 2.09. The Labute approximate surface area is 127 Å². The van der Waals surface area contributed by atoms with Crippen molar-refractivity contribution in [1.82, 2.24) is 9.78 Å². The van der Waals surface area contributed by atoms with E-state index in [-0.39, 0.29) is 10.6 Å². The molecule has 0 saturated heterocycles. The van der Waals surface area contributed by atoms with Crippen LogP contribution in [0.15, 0.2) is 35.3 Å². The lowest BCUT2D eigenvalue weighted by molar-refractivity contribution is 0.664. The molecule has 1 aromatic heterocycles. The summed E-state index contributed by atoms with van der Waals surface area (Å²) in [6.07, 6.45) is 2.55. The Morgan fingerprint density at radius 1 is 1.38 bits per heavy atom. The lowest BCUT2D eigenvalue weighted by Gasteiger charge is -2.20. The minimum Gasteiger partial charge on any atom is -0.338 e. The number of aromatic nitrogens is 2. The first-order chi connectivity index (χ1) is 10.1. The molecule has 2 heterocycles. The monoisotopic (exact) mass is 304 g/mol. The van der Waals surface area contributed by atoms with Crippen LogP contribution < -0.4 is 16.2 Å². The minimum absolute atomic E-state index is 0.204. The zero-order valence-corrected chi connectivity index (χ0v) is 12.5. The van der Waals surface area contributed by atoms with Crippen LogP contribution >= 0.6 is 11.6 Å². The number of halogens is 1. The van der Waals surface area contributed by atoms with Crippen molar-refractivity contribution in [3.63, 3.8) is 0 Å². The van der Waals surface area contributed by atoms with Gasteiger partial charge in [0.1, 0.15) is 5.02 Å². The van der Waals surface area contributed by atoms with Crippen LogP contribution in [0.5, 0.6) is 0 Å². The number of hydrogen-bond donors (Lipinski definition) is 1. The maximum Gasteiger partial charge on any atom is 0.287 e. The van der Waals surface area contributed by atoms with E-state index in [0.717, 1.165) is 18.7 Å². The van der Waals surface area contributed by atoms with Crippen molar-refractivity contribution in [3.05, 3.63) is 51.4 Å². The van der Waals surface area contributed by atoms with Crippen molar-refractivity contribution in [2.24, 2.45) is 12.8 Å². The number of nitrogens with two attached hydrogens (primary N) is 1. The highest BCUT2D eigenvalue weighted by Gasteiger charge is 2.30. The van der Waals surface area contributed by atoms with Gasteiger partial charge in [-0.1, -0.05) is 29.8 Å². The first kappa shape index (κ1) is 14.1. The van der Waals surface area contributed by atoms with Gasteiger partial charge in [-0.05, 0) is 24.6 Å². The molecule has 2 N–H and O–H groups in total. The first-order valence-electron chi connectivity index (χ1n) is 6.92. The second-order valence-corrected chi connectivity index (χ2v) is 5.59. The predicted octanol–water partition coefficient (Wildman–Crippen LogP) is 2.02. The minimum atomic E-state index is -0.283. The summed E-state index contributed by atoms with van der Waals surface area (Å²) >= 11 is 6.23. The molecule has 0 aliphatic carbocycles.